The predicted octanol–water partition coefficient (Wildman–Crippen LogP) is 2.41. The molecule has 0 aliphatic carbocycles. The van der Waals surface area contributed by atoms with Crippen LogP contribution in [0.1, 0.15) is 37.1 Å². The van der Waals surface area contributed by atoms with Gasteiger partial charge < -0.3 is 0 Å². The number of nitriles is 2. The molecule has 0 saturated carbocycles. The molecule has 2 rings (SSSR count). The van der Waals surface area contributed by atoms with E-state index < -0.39 is 0 Å². The van der Waals surface area contributed by atoms with Gasteiger partial charge in [-0.3, -0.25) is 9.58 Å². The second kappa shape index (κ2) is 7.24. The van der Waals surface area contributed by atoms with Crippen molar-refractivity contribution in [2.45, 2.75) is 52.1 Å². The molecule has 0 radical (unpaired) electrons. The summed E-state index contributed by atoms with van der Waals surface area (Å²) >= 11 is 0. The Morgan fingerprint density at radius 2 is 2.24 bits per heavy atom. The monoisotopic (exact) mass is 285 g/mol. The highest BCUT2D eigenvalue weighted by atomic mass is 15.3. The maximum absolute atomic E-state index is 9.23. The van der Waals surface area contributed by atoms with Crippen LogP contribution in [-0.2, 0) is 6.54 Å². The Balaban J connectivity index is 1.95. The number of nitrogens with zero attached hydrogens (tertiary/aromatic N) is 5. The molecule has 2 heterocycles. The van der Waals surface area contributed by atoms with Gasteiger partial charge in [0.2, 0.25) is 0 Å². The number of hydrogen-bond acceptors (Lipinski definition) is 4. The van der Waals surface area contributed by atoms with Crippen LogP contribution in [-0.4, -0.2) is 33.8 Å². The minimum Gasteiger partial charge on any atom is -0.297 e. The van der Waals surface area contributed by atoms with Crippen molar-refractivity contribution in [3.05, 3.63) is 17.5 Å². The quantitative estimate of drug-likeness (QED) is 0.805. The van der Waals surface area contributed by atoms with E-state index in [-0.39, 0.29) is 5.92 Å². The van der Waals surface area contributed by atoms with Gasteiger partial charge in [0.25, 0.3) is 0 Å². The lowest BCUT2D eigenvalue weighted by molar-refractivity contribution is 0.205. The Kier molecular flexibility index (Phi) is 5.36. The molecule has 2 atom stereocenters. The average molecular weight is 285 g/mol. The Labute approximate surface area is 126 Å². The Bertz CT molecular complexity index is 548. The van der Waals surface area contributed by atoms with E-state index in [0.29, 0.717) is 18.9 Å². The first-order valence-electron chi connectivity index (χ1n) is 7.65. The average Bonchev–Trinajstić information content (AvgIpc) is 3.02. The van der Waals surface area contributed by atoms with E-state index in [2.05, 4.69) is 39.8 Å². The summed E-state index contributed by atoms with van der Waals surface area (Å²) < 4.78 is 2.08. The second-order valence-corrected chi connectivity index (χ2v) is 5.92. The molecule has 1 aromatic rings. The molecule has 0 N–H and O–H groups in total. The highest BCUT2D eigenvalue weighted by molar-refractivity contribution is 5.07. The maximum Gasteiger partial charge on any atom is 0.0669 e. The standard InChI is InChI=1S/C16H23N5/c1-13-9-14(2)21(19-13)12-16-6-4-8-20(16)11-15(10-18)5-3-7-17/h9,15-16H,3-6,8,11-12H2,1-2H3/t15-,16-/m1/s1. The molecule has 0 bridgehead atoms. The number of likely N-dealkylation sites (tertiary alicyclic amines) is 1. The van der Waals surface area contributed by atoms with Gasteiger partial charge in [-0.05, 0) is 45.7 Å². The maximum atomic E-state index is 9.23. The van der Waals surface area contributed by atoms with Gasteiger partial charge in [0.05, 0.1) is 30.3 Å². The molecule has 0 amide bonds. The molecule has 1 fully saturated rings. The van der Waals surface area contributed by atoms with Crippen molar-refractivity contribution in [1.82, 2.24) is 14.7 Å². The summed E-state index contributed by atoms with van der Waals surface area (Å²) in [6.45, 7) is 6.83. The molecule has 5 heteroatoms. The van der Waals surface area contributed by atoms with Gasteiger partial charge in [0, 0.05) is 24.7 Å². The van der Waals surface area contributed by atoms with Crippen molar-refractivity contribution in [2.24, 2.45) is 5.92 Å². The summed E-state index contributed by atoms with van der Waals surface area (Å²) in [5.74, 6) is -0.0364. The fourth-order valence-corrected chi connectivity index (χ4v) is 3.12. The summed E-state index contributed by atoms with van der Waals surface area (Å²) in [5.41, 5.74) is 2.25. The highest BCUT2D eigenvalue weighted by Gasteiger charge is 2.27. The van der Waals surface area contributed by atoms with Crippen LogP contribution in [0, 0.1) is 42.4 Å². The molecule has 5 nitrogen and oxygen atoms in total. The number of rotatable bonds is 6. The van der Waals surface area contributed by atoms with Gasteiger partial charge in [-0.2, -0.15) is 15.6 Å². The van der Waals surface area contributed by atoms with E-state index in [4.69, 9.17) is 5.26 Å². The van der Waals surface area contributed by atoms with Gasteiger partial charge >= 0.3 is 0 Å². The molecular formula is C16H23N5. The summed E-state index contributed by atoms with van der Waals surface area (Å²) in [5, 5.41) is 22.4. The van der Waals surface area contributed by atoms with Crippen LogP contribution in [0.3, 0.4) is 0 Å². The predicted molar refractivity (Wildman–Crippen MR) is 80.2 cm³/mol. The Hall–Kier alpha value is -1.85. The van der Waals surface area contributed by atoms with Crippen LogP contribution < -0.4 is 0 Å². The largest absolute Gasteiger partial charge is 0.297 e. The molecule has 1 saturated heterocycles. The molecule has 21 heavy (non-hydrogen) atoms. The molecule has 1 aliphatic heterocycles. The number of aryl methyl sites for hydroxylation is 2. The third-order valence-electron chi connectivity index (χ3n) is 4.23. The minimum absolute atomic E-state index is 0.0364. The third-order valence-corrected chi connectivity index (χ3v) is 4.23. The van der Waals surface area contributed by atoms with Gasteiger partial charge in [0.1, 0.15) is 0 Å². The van der Waals surface area contributed by atoms with Crippen LogP contribution >= 0.6 is 0 Å². The highest BCUT2D eigenvalue weighted by Crippen LogP contribution is 2.22. The number of hydrogen-bond donors (Lipinski definition) is 0. The van der Waals surface area contributed by atoms with Crippen molar-refractivity contribution in [3.63, 3.8) is 0 Å². The Morgan fingerprint density at radius 3 is 2.86 bits per heavy atom. The van der Waals surface area contributed by atoms with Crippen molar-refractivity contribution in [3.8, 4) is 12.1 Å². The fourth-order valence-electron chi connectivity index (χ4n) is 3.12. The first-order valence-corrected chi connectivity index (χ1v) is 7.65. The lowest BCUT2D eigenvalue weighted by atomic mass is 10.0. The fraction of sp³-hybridized carbons (Fsp3) is 0.688. The zero-order valence-corrected chi connectivity index (χ0v) is 12.9. The SMILES string of the molecule is Cc1cc(C)n(C[C@H]2CCCN2C[C@@H](C#N)CCC#N)n1. The van der Waals surface area contributed by atoms with E-state index >= 15 is 0 Å². The summed E-state index contributed by atoms with van der Waals surface area (Å²) in [7, 11) is 0. The molecule has 0 unspecified atom stereocenters. The molecular weight excluding hydrogens is 262 g/mol. The zero-order valence-electron chi connectivity index (χ0n) is 12.9. The lowest BCUT2D eigenvalue weighted by Crippen LogP contribution is -2.36. The molecule has 0 spiro atoms. The van der Waals surface area contributed by atoms with Crippen molar-refractivity contribution in [1.29, 1.82) is 10.5 Å². The molecule has 1 aliphatic rings. The van der Waals surface area contributed by atoms with Gasteiger partial charge in [0.15, 0.2) is 0 Å². The minimum atomic E-state index is -0.0364. The van der Waals surface area contributed by atoms with Crippen LogP contribution in [0.25, 0.3) is 0 Å². The summed E-state index contributed by atoms with van der Waals surface area (Å²) in [6.07, 6.45) is 3.49. The summed E-state index contributed by atoms with van der Waals surface area (Å²) in [4.78, 5) is 2.40. The van der Waals surface area contributed by atoms with E-state index in [9.17, 15) is 5.26 Å². The summed E-state index contributed by atoms with van der Waals surface area (Å²) in [6, 6.07) is 7.04. The number of aromatic nitrogens is 2. The lowest BCUT2D eigenvalue weighted by Gasteiger charge is -2.26. The van der Waals surface area contributed by atoms with Crippen LogP contribution in [0.4, 0.5) is 0 Å². The van der Waals surface area contributed by atoms with Crippen LogP contribution in [0.15, 0.2) is 6.07 Å². The van der Waals surface area contributed by atoms with E-state index in [0.717, 1.165) is 31.7 Å². The normalized spacial score (nSPS) is 20.1. The molecule has 0 aromatic carbocycles. The van der Waals surface area contributed by atoms with Crippen molar-refractivity contribution >= 4 is 0 Å². The van der Waals surface area contributed by atoms with Crippen LogP contribution in [0.5, 0.6) is 0 Å². The van der Waals surface area contributed by atoms with E-state index in [1.54, 1.807) is 0 Å². The second-order valence-electron chi connectivity index (χ2n) is 5.92. The third kappa shape index (κ3) is 4.06. The van der Waals surface area contributed by atoms with Gasteiger partial charge in [-0.15, -0.1) is 0 Å². The van der Waals surface area contributed by atoms with Gasteiger partial charge in [-0.25, -0.2) is 0 Å². The smallest absolute Gasteiger partial charge is 0.0669 e. The topological polar surface area (TPSA) is 68.6 Å². The van der Waals surface area contributed by atoms with E-state index in [1.165, 1.54) is 12.1 Å². The van der Waals surface area contributed by atoms with Gasteiger partial charge in [-0.1, -0.05) is 0 Å². The van der Waals surface area contributed by atoms with Crippen molar-refractivity contribution < 1.29 is 0 Å². The first kappa shape index (κ1) is 15.5. The zero-order chi connectivity index (χ0) is 15.2. The van der Waals surface area contributed by atoms with Crippen molar-refractivity contribution in [2.75, 3.05) is 13.1 Å². The van der Waals surface area contributed by atoms with E-state index in [1.807, 2.05) is 6.92 Å². The molecule has 1 aromatic heterocycles. The van der Waals surface area contributed by atoms with Crippen LogP contribution in [0.2, 0.25) is 0 Å². The first-order chi connectivity index (χ1) is 10.1. The molecule has 112 valence electrons. The Morgan fingerprint density at radius 1 is 1.43 bits per heavy atom.